The van der Waals surface area contributed by atoms with Crippen molar-refractivity contribution in [3.05, 3.63) is 48.3 Å². The van der Waals surface area contributed by atoms with Crippen LogP contribution in [0, 0.1) is 6.92 Å². The molecular weight excluding hydrogens is 368 g/mol. The summed E-state index contributed by atoms with van der Waals surface area (Å²) in [4.78, 5) is 13.2. The highest BCUT2D eigenvalue weighted by Gasteiger charge is 2.20. The molecule has 0 aliphatic carbocycles. The van der Waals surface area contributed by atoms with Crippen molar-refractivity contribution in [3.63, 3.8) is 0 Å². The Bertz CT molecular complexity index is 1010. The van der Waals surface area contributed by atoms with Gasteiger partial charge in [-0.15, -0.1) is 5.10 Å². The van der Waals surface area contributed by atoms with Gasteiger partial charge in [-0.05, 0) is 12.5 Å². The summed E-state index contributed by atoms with van der Waals surface area (Å²) in [5.41, 5.74) is 5.06. The molecule has 29 heavy (non-hydrogen) atoms. The molecule has 0 spiro atoms. The molecule has 1 saturated heterocycles. The molecule has 3 aromatic rings. The largest absolute Gasteiger partial charge is 0.401 e. The van der Waals surface area contributed by atoms with Gasteiger partial charge in [0.25, 0.3) is 5.89 Å². The zero-order valence-electron chi connectivity index (χ0n) is 16.9. The molecule has 1 aliphatic rings. The van der Waals surface area contributed by atoms with E-state index < -0.39 is 0 Å². The molecule has 8 nitrogen and oxygen atoms in total. The highest BCUT2D eigenvalue weighted by atomic mass is 16.5. The SMILES string of the molecule is C=C(c1ccc(-c2cnc(C)c(-c3nnc(N4CCOCC4)o3)n2)cc1)N(C)C. The van der Waals surface area contributed by atoms with Gasteiger partial charge >= 0.3 is 6.01 Å². The van der Waals surface area contributed by atoms with E-state index in [0.717, 1.165) is 41.3 Å². The van der Waals surface area contributed by atoms with Crippen LogP contribution in [0.4, 0.5) is 6.01 Å². The topological polar surface area (TPSA) is 80.4 Å². The van der Waals surface area contributed by atoms with Crippen LogP contribution in [0.15, 0.2) is 41.5 Å². The van der Waals surface area contributed by atoms with Gasteiger partial charge in [0, 0.05) is 38.4 Å². The van der Waals surface area contributed by atoms with Crippen molar-refractivity contribution in [3.8, 4) is 22.8 Å². The maximum absolute atomic E-state index is 5.89. The van der Waals surface area contributed by atoms with Gasteiger partial charge in [0.15, 0.2) is 0 Å². The lowest BCUT2D eigenvalue weighted by atomic mass is 10.1. The number of aryl methyl sites for hydroxylation is 1. The highest BCUT2D eigenvalue weighted by Crippen LogP contribution is 2.27. The van der Waals surface area contributed by atoms with E-state index in [1.807, 2.05) is 55.1 Å². The monoisotopic (exact) mass is 392 g/mol. The maximum atomic E-state index is 5.89. The Balaban J connectivity index is 1.61. The summed E-state index contributed by atoms with van der Waals surface area (Å²) in [6.45, 7) is 8.75. The summed E-state index contributed by atoms with van der Waals surface area (Å²) in [5.74, 6) is 0.371. The van der Waals surface area contributed by atoms with Gasteiger partial charge < -0.3 is 19.0 Å². The number of morpholine rings is 1. The summed E-state index contributed by atoms with van der Waals surface area (Å²) in [7, 11) is 3.95. The van der Waals surface area contributed by atoms with E-state index in [0.29, 0.717) is 30.8 Å². The zero-order chi connectivity index (χ0) is 20.4. The molecule has 0 amide bonds. The molecule has 150 valence electrons. The molecule has 0 unspecified atom stereocenters. The number of anilines is 1. The number of rotatable bonds is 5. The van der Waals surface area contributed by atoms with E-state index >= 15 is 0 Å². The molecule has 8 heteroatoms. The normalized spacial score (nSPS) is 14.1. The molecule has 2 aromatic heterocycles. The van der Waals surface area contributed by atoms with Crippen LogP contribution < -0.4 is 4.90 Å². The molecule has 1 aromatic carbocycles. The van der Waals surface area contributed by atoms with Crippen LogP contribution in [-0.2, 0) is 4.74 Å². The summed E-state index contributed by atoms with van der Waals surface area (Å²) in [6, 6.07) is 8.58. The third-order valence-corrected chi connectivity index (χ3v) is 4.91. The predicted octanol–water partition coefficient (Wildman–Crippen LogP) is 2.87. The van der Waals surface area contributed by atoms with Gasteiger partial charge in [-0.1, -0.05) is 35.9 Å². The molecule has 3 heterocycles. The molecule has 1 aliphatic heterocycles. The number of hydrogen-bond donors (Lipinski definition) is 0. The second-order valence-corrected chi connectivity index (χ2v) is 7.10. The molecule has 0 saturated carbocycles. The van der Waals surface area contributed by atoms with Crippen molar-refractivity contribution < 1.29 is 9.15 Å². The Morgan fingerprint density at radius 1 is 1.10 bits per heavy atom. The Morgan fingerprint density at radius 3 is 2.52 bits per heavy atom. The minimum atomic E-state index is 0.371. The summed E-state index contributed by atoms with van der Waals surface area (Å²) >= 11 is 0. The van der Waals surface area contributed by atoms with Gasteiger partial charge in [0.05, 0.1) is 30.8 Å². The van der Waals surface area contributed by atoms with E-state index in [4.69, 9.17) is 14.1 Å². The minimum absolute atomic E-state index is 0.371. The van der Waals surface area contributed by atoms with Crippen LogP contribution in [0.5, 0.6) is 0 Å². The Labute approximate surface area is 169 Å². The first kappa shape index (κ1) is 19.1. The van der Waals surface area contributed by atoms with Crippen molar-refractivity contribution in [2.45, 2.75) is 6.92 Å². The summed E-state index contributed by atoms with van der Waals surface area (Å²) in [6.07, 6.45) is 1.76. The third kappa shape index (κ3) is 3.97. The van der Waals surface area contributed by atoms with Crippen molar-refractivity contribution in [1.29, 1.82) is 0 Å². The quantitative estimate of drug-likeness (QED) is 0.656. The van der Waals surface area contributed by atoms with E-state index in [1.54, 1.807) is 6.20 Å². The molecule has 0 bridgehead atoms. The van der Waals surface area contributed by atoms with E-state index in [2.05, 4.69) is 21.8 Å². The minimum Gasteiger partial charge on any atom is -0.401 e. The van der Waals surface area contributed by atoms with E-state index in [1.165, 1.54) is 0 Å². The fraction of sp³-hybridized carbons (Fsp3) is 0.333. The molecule has 0 atom stereocenters. The standard InChI is InChI=1S/C21H24N6O2/c1-14-19(20-24-25-21(29-20)27-9-11-28-12-10-27)23-18(13-22-14)17-7-5-16(6-8-17)15(2)26(3)4/h5-8,13H,2,9-12H2,1,3-4H3. The van der Waals surface area contributed by atoms with Crippen molar-refractivity contribution >= 4 is 11.7 Å². The van der Waals surface area contributed by atoms with Crippen molar-refractivity contribution in [1.82, 2.24) is 25.1 Å². The van der Waals surface area contributed by atoms with Crippen LogP contribution >= 0.6 is 0 Å². The number of ether oxygens (including phenoxy) is 1. The van der Waals surface area contributed by atoms with Gasteiger partial charge in [-0.2, -0.15) is 0 Å². The fourth-order valence-corrected chi connectivity index (χ4v) is 3.08. The molecular formula is C21H24N6O2. The van der Waals surface area contributed by atoms with Crippen molar-refractivity contribution in [2.75, 3.05) is 45.3 Å². The van der Waals surface area contributed by atoms with Gasteiger partial charge in [-0.25, -0.2) is 4.98 Å². The second kappa shape index (κ2) is 8.00. The Morgan fingerprint density at radius 2 is 1.83 bits per heavy atom. The van der Waals surface area contributed by atoms with Crippen LogP contribution in [0.2, 0.25) is 0 Å². The van der Waals surface area contributed by atoms with E-state index in [-0.39, 0.29) is 0 Å². The first-order chi connectivity index (χ1) is 14.0. The van der Waals surface area contributed by atoms with Gasteiger partial charge in [0.2, 0.25) is 0 Å². The summed E-state index contributed by atoms with van der Waals surface area (Å²) < 4.78 is 11.3. The highest BCUT2D eigenvalue weighted by molar-refractivity contribution is 5.68. The number of hydrogen-bond acceptors (Lipinski definition) is 8. The maximum Gasteiger partial charge on any atom is 0.318 e. The molecule has 0 radical (unpaired) electrons. The molecule has 0 N–H and O–H groups in total. The molecule has 4 rings (SSSR count). The second-order valence-electron chi connectivity index (χ2n) is 7.10. The smallest absolute Gasteiger partial charge is 0.318 e. The number of aromatic nitrogens is 4. The van der Waals surface area contributed by atoms with Gasteiger partial charge in [-0.3, -0.25) is 4.98 Å². The third-order valence-electron chi connectivity index (χ3n) is 4.91. The first-order valence-corrected chi connectivity index (χ1v) is 9.50. The lowest BCUT2D eigenvalue weighted by Crippen LogP contribution is -2.36. The Kier molecular flexibility index (Phi) is 5.26. The van der Waals surface area contributed by atoms with Crippen LogP contribution in [0.25, 0.3) is 28.5 Å². The number of benzene rings is 1. The lowest BCUT2D eigenvalue weighted by molar-refractivity contribution is 0.120. The average molecular weight is 392 g/mol. The van der Waals surface area contributed by atoms with Crippen LogP contribution in [0.1, 0.15) is 11.3 Å². The van der Waals surface area contributed by atoms with E-state index in [9.17, 15) is 0 Å². The Hall–Kier alpha value is -3.26. The van der Waals surface area contributed by atoms with Crippen molar-refractivity contribution in [2.24, 2.45) is 0 Å². The van der Waals surface area contributed by atoms with Gasteiger partial charge in [0.1, 0.15) is 5.69 Å². The lowest BCUT2D eigenvalue weighted by Gasteiger charge is -2.24. The molecule has 1 fully saturated rings. The average Bonchev–Trinajstić information content (AvgIpc) is 3.24. The predicted molar refractivity (Wildman–Crippen MR) is 111 cm³/mol. The fourth-order valence-electron chi connectivity index (χ4n) is 3.08. The number of nitrogens with zero attached hydrogens (tertiary/aromatic N) is 6. The zero-order valence-corrected chi connectivity index (χ0v) is 16.9. The van der Waals surface area contributed by atoms with Crippen LogP contribution in [0.3, 0.4) is 0 Å². The summed E-state index contributed by atoms with van der Waals surface area (Å²) in [5, 5.41) is 8.37. The van der Waals surface area contributed by atoms with Crippen LogP contribution in [-0.4, -0.2) is 65.5 Å². The first-order valence-electron chi connectivity index (χ1n) is 9.50.